The predicted octanol–water partition coefficient (Wildman–Crippen LogP) is 2.80. The number of carbonyl (C=O) groups is 1. The topological polar surface area (TPSA) is 59.2 Å². The van der Waals surface area contributed by atoms with E-state index in [1.807, 2.05) is 42.2 Å². The van der Waals surface area contributed by atoms with E-state index < -0.39 is 0 Å². The molecule has 124 valence electrons. The number of aryl methyl sites for hydroxylation is 1. The van der Waals surface area contributed by atoms with Gasteiger partial charge in [0, 0.05) is 31.2 Å². The maximum absolute atomic E-state index is 12.6. The quantitative estimate of drug-likeness (QED) is 0.902. The van der Waals surface area contributed by atoms with Gasteiger partial charge in [0.2, 0.25) is 0 Å². The Morgan fingerprint density at radius 3 is 2.48 bits per heavy atom. The summed E-state index contributed by atoms with van der Waals surface area (Å²) in [5.41, 5.74) is 8.86. The van der Waals surface area contributed by atoms with E-state index in [1.165, 1.54) is 5.56 Å². The molecule has 2 N–H and O–H groups in total. The zero-order valence-electron chi connectivity index (χ0n) is 12.9. The van der Waals surface area contributed by atoms with Crippen molar-refractivity contribution < 1.29 is 4.79 Å². The molecular weight excluding hydrogens is 333 g/mol. The minimum absolute atomic E-state index is 0. The van der Waals surface area contributed by atoms with Crippen LogP contribution in [0, 0.1) is 6.92 Å². The van der Waals surface area contributed by atoms with Crippen molar-refractivity contribution in [1.29, 1.82) is 0 Å². The summed E-state index contributed by atoms with van der Waals surface area (Å²) in [6.45, 7) is 3.14. The molecular formula is C17H21Cl2N3O. The summed E-state index contributed by atoms with van der Waals surface area (Å²) in [6.07, 6.45) is 1.66. The van der Waals surface area contributed by atoms with Gasteiger partial charge in [-0.1, -0.05) is 36.4 Å². The summed E-state index contributed by atoms with van der Waals surface area (Å²) >= 11 is 0. The number of likely N-dealkylation sites (tertiary alicyclic amines) is 1. The molecule has 6 heteroatoms. The van der Waals surface area contributed by atoms with E-state index in [0.29, 0.717) is 18.8 Å². The smallest absolute Gasteiger partial charge is 0.272 e. The molecule has 3 rings (SSSR count). The number of carbonyl (C=O) groups excluding carboxylic acids is 1. The summed E-state index contributed by atoms with van der Waals surface area (Å²) < 4.78 is 0. The number of halogens is 2. The number of nitrogens with two attached hydrogens (primary N) is 1. The van der Waals surface area contributed by atoms with Gasteiger partial charge in [-0.3, -0.25) is 9.78 Å². The average molecular weight is 354 g/mol. The van der Waals surface area contributed by atoms with Gasteiger partial charge in [-0.2, -0.15) is 0 Å². The van der Waals surface area contributed by atoms with Crippen LogP contribution in [0.25, 0.3) is 0 Å². The normalized spacial score (nSPS) is 19.7. The van der Waals surface area contributed by atoms with Crippen molar-refractivity contribution in [2.45, 2.75) is 18.9 Å². The maximum atomic E-state index is 12.6. The molecule has 0 bridgehead atoms. The van der Waals surface area contributed by atoms with E-state index in [-0.39, 0.29) is 42.7 Å². The third-order valence-electron chi connectivity index (χ3n) is 4.09. The van der Waals surface area contributed by atoms with E-state index in [4.69, 9.17) is 5.73 Å². The van der Waals surface area contributed by atoms with E-state index in [0.717, 1.165) is 5.56 Å². The standard InChI is InChI=1S/C17H19N3O.2ClH/c1-12-6-5-9-19-16(12)17(21)20-10-14(15(18)11-20)13-7-3-2-4-8-13;;/h2-9,14-15H,10-11,18H2,1H3;2*1H/t14-,15+;;/m0../s1. The summed E-state index contributed by atoms with van der Waals surface area (Å²) in [5.74, 6) is 0.168. The maximum Gasteiger partial charge on any atom is 0.272 e. The van der Waals surface area contributed by atoms with Crippen LogP contribution in [0.1, 0.15) is 27.5 Å². The number of hydrogen-bond donors (Lipinski definition) is 1. The fourth-order valence-electron chi connectivity index (χ4n) is 2.91. The summed E-state index contributed by atoms with van der Waals surface area (Å²) in [4.78, 5) is 18.6. The van der Waals surface area contributed by atoms with Gasteiger partial charge in [-0.05, 0) is 24.1 Å². The molecule has 0 aliphatic carbocycles. The molecule has 0 radical (unpaired) electrons. The van der Waals surface area contributed by atoms with Crippen molar-refractivity contribution in [3.8, 4) is 0 Å². The van der Waals surface area contributed by atoms with Crippen LogP contribution in [0.3, 0.4) is 0 Å². The molecule has 23 heavy (non-hydrogen) atoms. The number of hydrogen-bond acceptors (Lipinski definition) is 3. The highest BCUT2D eigenvalue weighted by molar-refractivity contribution is 5.94. The first kappa shape index (κ1) is 19.4. The molecule has 1 aromatic heterocycles. The van der Waals surface area contributed by atoms with E-state index >= 15 is 0 Å². The minimum atomic E-state index is -0.0274. The minimum Gasteiger partial charge on any atom is -0.335 e. The highest BCUT2D eigenvalue weighted by Gasteiger charge is 2.34. The van der Waals surface area contributed by atoms with Gasteiger partial charge in [0.05, 0.1) is 0 Å². The Morgan fingerprint density at radius 1 is 1.13 bits per heavy atom. The fraction of sp³-hybridized carbons (Fsp3) is 0.294. The largest absolute Gasteiger partial charge is 0.335 e. The lowest BCUT2D eigenvalue weighted by molar-refractivity contribution is 0.0782. The van der Waals surface area contributed by atoms with Crippen LogP contribution in [-0.2, 0) is 0 Å². The number of nitrogens with zero attached hydrogens (tertiary/aromatic N) is 2. The number of benzene rings is 1. The van der Waals surface area contributed by atoms with Crippen LogP contribution in [0.15, 0.2) is 48.7 Å². The molecule has 0 spiro atoms. The number of pyridine rings is 1. The Kier molecular flexibility index (Phi) is 7.01. The first-order valence-electron chi connectivity index (χ1n) is 7.18. The van der Waals surface area contributed by atoms with E-state index in [1.54, 1.807) is 6.20 Å². The van der Waals surface area contributed by atoms with Crippen LogP contribution in [0.5, 0.6) is 0 Å². The second-order valence-corrected chi connectivity index (χ2v) is 5.56. The van der Waals surface area contributed by atoms with Gasteiger partial charge in [0.25, 0.3) is 5.91 Å². The Hall–Kier alpha value is -1.62. The summed E-state index contributed by atoms with van der Waals surface area (Å²) in [6, 6.07) is 13.9. The molecule has 1 aliphatic rings. The van der Waals surface area contributed by atoms with Gasteiger partial charge in [0.1, 0.15) is 5.69 Å². The molecule has 1 aromatic carbocycles. The van der Waals surface area contributed by atoms with Crippen molar-refractivity contribution in [3.05, 3.63) is 65.5 Å². The number of amides is 1. The molecule has 2 aromatic rings. The second-order valence-electron chi connectivity index (χ2n) is 5.56. The first-order chi connectivity index (χ1) is 10.2. The lowest BCUT2D eigenvalue weighted by Gasteiger charge is -2.17. The Morgan fingerprint density at radius 2 is 1.83 bits per heavy atom. The van der Waals surface area contributed by atoms with Crippen molar-refractivity contribution in [2.24, 2.45) is 5.73 Å². The number of aromatic nitrogens is 1. The highest BCUT2D eigenvalue weighted by atomic mass is 35.5. The molecule has 1 aliphatic heterocycles. The highest BCUT2D eigenvalue weighted by Crippen LogP contribution is 2.27. The van der Waals surface area contributed by atoms with Crippen LogP contribution >= 0.6 is 24.8 Å². The molecule has 0 saturated carbocycles. The molecule has 1 saturated heterocycles. The number of rotatable bonds is 2. The molecule has 1 amide bonds. The van der Waals surface area contributed by atoms with Gasteiger partial charge in [-0.25, -0.2) is 0 Å². The Bertz CT molecular complexity index is 651. The lowest BCUT2D eigenvalue weighted by atomic mass is 9.95. The molecule has 2 atom stereocenters. The van der Waals surface area contributed by atoms with Crippen LogP contribution in [-0.4, -0.2) is 34.9 Å². The van der Waals surface area contributed by atoms with Crippen molar-refractivity contribution in [3.63, 3.8) is 0 Å². The van der Waals surface area contributed by atoms with Crippen LogP contribution in [0.2, 0.25) is 0 Å². The Labute approximate surface area is 148 Å². The third-order valence-corrected chi connectivity index (χ3v) is 4.09. The van der Waals surface area contributed by atoms with Gasteiger partial charge >= 0.3 is 0 Å². The monoisotopic (exact) mass is 353 g/mol. The summed E-state index contributed by atoms with van der Waals surface area (Å²) in [7, 11) is 0. The molecule has 0 unspecified atom stereocenters. The van der Waals surface area contributed by atoms with Gasteiger partial charge < -0.3 is 10.6 Å². The first-order valence-corrected chi connectivity index (χ1v) is 7.18. The van der Waals surface area contributed by atoms with E-state index in [2.05, 4.69) is 17.1 Å². The SMILES string of the molecule is Cc1cccnc1C(=O)N1C[C@@H](N)[C@H](c2ccccc2)C1.Cl.Cl. The fourth-order valence-corrected chi connectivity index (χ4v) is 2.91. The second kappa shape index (κ2) is 8.29. The Balaban J connectivity index is 0.00000132. The summed E-state index contributed by atoms with van der Waals surface area (Å²) in [5, 5.41) is 0. The average Bonchev–Trinajstić information content (AvgIpc) is 2.90. The van der Waals surface area contributed by atoms with Crippen molar-refractivity contribution >= 4 is 30.7 Å². The lowest BCUT2D eigenvalue weighted by Crippen LogP contribution is -2.33. The zero-order chi connectivity index (χ0) is 14.8. The predicted molar refractivity (Wildman–Crippen MR) is 96.5 cm³/mol. The molecule has 1 fully saturated rings. The third kappa shape index (κ3) is 4.02. The van der Waals surface area contributed by atoms with Crippen LogP contribution in [0.4, 0.5) is 0 Å². The van der Waals surface area contributed by atoms with Gasteiger partial charge in [0.15, 0.2) is 0 Å². The van der Waals surface area contributed by atoms with Gasteiger partial charge in [-0.15, -0.1) is 24.8 Å². The zero-order valence-corrected chi connectivity index (χ0v) is 14.5. The van der Waals surface area contributed by atoms with Crippen molar-refractivity contribution in [2.75, 3.05) is 13.1 Å². The van der Waals surface area contributed by atoms with Crippen molar-refractivity contribution in [1.82, 2.24) is 9.88 Å². The van der Waals surface area contributed by atoms with Crippen LogP contribution < -0.4 is 5.73 Å². The molecule has 4 nitrogen and oxygen atoms in total. The van der Waals surface area contributed by atoms with E-state index in [9.17, 15) is 4.79 Å². The molecule has 2 heterocycles.